The third-order valence-corrected chi connectivity index (χ3v) is 1.67. The van der Waals surface area contributed by atoms with E-state index in [4.69, 9.17) is 0 Å². The van der Waals surface area contributed by atoms with Crippen molar-refractivity contribution in [3.63, 3.8) is 0 Å². The largest absolute Gasteiger partial charge is 0.469 e. The van der Waals surface area contributed by atoms with Crippen molar-refractivity contribution in [2.24, 2.45) is 5.92 Å². The number of carbonyl (C=O) groups excluding carboxylic acids is 2. The minimum atomic E-state index is -0.382. The summed E-state index contributed by atoms with van der Waals surface area (Å²) < 4.78 is 8.93. The maximum Gasteiger partial charge on any atom is 0.309 e. The Morgan fingerprint density at radius 1 is 1.25 bits per heavy atom. The standard InChI is InChI=1S/C8H14O4/c1-4-6(8(10)12-3)5-7(9)11-2/h6H,4-5H2,1-3H3/t6-/m1/s1. The van der Waals surface area contributed by atoms with E-state index in [9.17, 15) is 9.59 Å². The maximum absolute atomic E-state index is 11.0. The number of hydrogen-bond donors (Lipinski definition) is 0. The minimum absolute atomic E-state index is 0.0969. The van der Waals surface area contributed by atoms with Gasteiger partial charge in [-0.05, 0) is 6.42 Å². The molecule has 0 aromatic rings. The summed E-state index contributed by atoms with van der Waals surface area (Å²) in [5.41, 5.74) is 0. The van der Waals surface area contributed by atoms with Crippen molar-refractivity contribution in [2.75, 3.05) is 14.2 Å². The van der Waals surface area contributed by atoms with E-state index in [1.54, 1.807) is 0 Å². The van der Waals surface area contributed by atoms with Gasteiger partial charge in [-0.15, -0.1) is 0 Å². The van der Waals surface area contributed by atoms with Crippen molar-refractivity contribution in [2.45, 2.75) is 19.8 Å². The van der Waals surface area contributed by atoms with Crippen LogP contribution in [0.15, 0.2) is 0 Å². The van der Waals surface area contributed by atoms with Gasteiger partial charge in [0.05, 0.1) is 26.6 Å². The van der Waals surface area contributed by atoms with E-state index >= 15 is 0 Å². The zero-order valence-electron chi connectivity index (χ0n) is 7.62. The quantitative estimate of drug-likeness (QED) is 0.590. The summed E-state index contributed by atoms with van der Waals surface area (Å²) in [6, 6.07) is 0. The molecule has 0 radical (unpaired) electrons. The van der Waals surface area contributed by atoms with Gasteiger partial charge in [0.1, 0.15) is 0 Å². The lowest BCUT2D eigenvalue weighted by molar-refractivity contribution is -0.152. The molecule has 0 aliphatic heterocycles. The summed E-state index contributed by atoms with van der Waals surface area (Å²) in [6.07, 6.45) is 0.682. The summed E-state index contributed by atoms with van der Waals surface area (Å²) in [5.74, 6) is -1.11. The van der Waals surface area contributed by atoms with Gasteiger partial charge in [0.15, 0.2) is 0 Å². The Hall–Kier alpha value is -1.06. The van der Waals surface area contributed by atoms with Crippen molar-refractivity contribution in [3.05, 3.63) is 0 Å². The second kappa shape index (κ2) is 5.57. The van der Waals surface area contributed by atoms with E-state index in [2.05, 4.69) is 9.47 Å². The molecule has 0 amide bonds. The van der Waals surface area contributed by atoms with Crippen molar-refractivity contribution in [1.82, 2.24) is 0 Å². The SMILES string of the molecule is CC[C@H](CC(=O)OC)C(=O)OC. The van der Waals surface area contributed by atoms with Gasteiger partial charge in [-0.3, -0.25) is 9.59 Å². The van der Waals surface area contributed by atoms with Crippen LogP contribution in [0.5, 0.6) is 0 Å². The van der Waals surface area contributed by atoms with Crippen LogP contribution in [0.25, 0.3) is 0 Å². The molecule has 0 rings (SSSR count). The number of hydrogen-bond acceptors (Lipinski definition) is 4. The van der Waals surface area contributed by atoms with Crippen LogP contribution in [-0.4, -0.2) is 26.2 Å². The molecule has 0 aromatic heterocycles. The zero-order valence-corrected chi connectivity index (χ0v) is 7.62. The summed E-state index contributed by atoms with van der Waals surface area (Å²) >= 11 is 0. The van der Waals surface area contributed by atoms with Crippen molar-refractivity contribution in [3.8, 4) is 0 Å². The predicted octanol–water partition coefficient (Wildman–Crippen LogP) is 0.749. The fourth-order valence-electron chi connectivity index (χ4n) is 0.846. The monoisotopic (exact) mass is 174 g/mol. The second-order valence-electron chi connectivity index (χ2n) is 2.41. The molecule has 4 nitrogen and oxygen atoms in total. The van der Waals surface area contributed by atoms with Crippen molar-refractivity contribution >= 4 is 11.9 Å². The van der Waals surface area contributed by atoms with Crippen LogP contribution in [0.1, 0.15) is 19.8 Å². The highest BCUT2D eigenvalue weighted by atomic mass is 16.5. The summed E-state index contributed by atoms with van der Waals surface area (Å²) in [5, 5.41) is 0. The Morgan fingerprint density at radius 2 is 1.83 bits per heavy atom. The van der Waals surface area contributed by atoms with Crippen molar-refractivity contribution < 1.29 is 19.1 Å². The van der Waals surface area contributed by atoms with E-state index < -0.39 is 0 Å². The lowest BCUT2D eigenvalue weighted by Crippen LogP contribution is -2.19. The van der Waals surface area contributed by atoms with Crippen LogP contribution in [-0.2, 0) is 19.1 Å². The number of carbonyl (C=O) groups is 2. The van der Waals surface area contributed by atoms with Gasteiger partial charge >= 0.3 is 11.9 Å². The van der Waals surface area contributed by atoms with Crippen LogP contribution in [0.3, 0.4) is 0 Å². The molecule has 70 valence electrons. The van der Waals surface area contributed by atoms with Gasteiger partial charge in [0.2, 0.25) is 0 Å². The number of rotatable bonds is 4. The molecule has 0 aromatic carbocycles. The maximum atomic E-state index is 11.0. The van der Waals surface area contributed by atoms with E-state index in [1.165, 1.54) is 14.2 Å². The molecule has 0 N–H and O–H groups in total. The molecule has 0 unspecified atom stereocenters. The molecule has 0 aliphatic rings. The first-order chi connectivity index (χ1) is 5.65. The van der Waals surface area contributed by atoms with E-state index in [0.717, 1.165) is 0 Å². The van der Waals surface area contributed by atoms with Crippen molar-refractivity contribution in [1.29, 1.82) is 0 Å². The highest BCUT2D eigenvalue weighted by molar-refractivity contribution is 5.79. The highest BCUT2D eigenvalue weighted by Crippen LogP contribution is 2.10. The van der Waals surface area contributed by atoms with E-state index in [-0.39, 0.29) is 24.3 Å². The second-order valence-corrected chi connectivity index (χ2v) is 2.41. The van der Waals surface area contributed by atoms with E-state index in [1.807, 2.05) is 6.92 Å². The number of ether oxygens (including phenoxy) is 2. The topological polar surface area (TPSA) is 52.6 Å². The lowest BCUT2D eigenvalue weighted by atomic mass is 10.0. The highest BCUT2D eigenvalue weighted by Gasteiger charge is 2.20. The average Bonchev–Trinajstić information content (AvgIpc) is 2.12. The molecule has 12 heavy (non-hydrogen) atoms. The van der Waals surface area contributed by atoms with Gasteiger partial charge in [0.25, 0.3) is 0 Å². The average molecular weight is 174 g/mol. The van der Waals surface area contributed by atoms with Crippen LogP contribution in [0, 0.1) is 5.92 Å². The van der Waals surface area contributed by atoms with Crippen LogP contribution >= 0.6 is 0 Å². The molecule has 0 saturated carbocycles. The Bertz CT molecular complexity index is 164. The van der Waals surface area contributed by atoms with Crippen LogP contribution < -0.4 is 0 Å². The first-order valence-corrected chi connectivity index (χ1v) is 3.80. The predicted molar refractivity (Wildman–Crippen MR) is 42.4 cm³/mol. The third-order valence-electron chi connectivity index (χ3n) is 1.67. The fourth-order valence-corrected chi connectivity index (χ4v) is 0.846. The molecular weight excluding hydrogens is 160 g/mol. The summed E-state index contributed by atoms with van der Waals surface area (Å²) in [6.45, 7) is 1.82. The summed E-state index contributed by atoms with van der Waals surface area (Å²) in [4.78, 5) is 21.7. The first kappa shape index (κ1) is 10.9. The molecule has 0 bridgehead atoms. The Balaban J connectivity index is 3.99. The smallest absolute Gasteiger partial charge is 0.309 e. The molecule has 0 aliphatic carbocycles. The molecule has 1 atom stereocenters. The van der Waals surface area contributed by atoms with Gasteiger partial charge in [-0.2, -0.15) is 0 Å². The lowest BCUT2D eigenvalue weighted by Gasteiger charge is -2.09. The Kier molecular flexibility index (Phi) is 5.08. The van der Waals surface area contributed by atoms with Crippen LogP contribution in [0.4, 0.5) is 0 Å². The molecule has 4 heteroatoms. The molecule has 0 saturated heterocycles. The normalized spacial score (nSPS) is 11.9. The molecule has 0 heterocycles. The fraction of sp³-hybridized carbons (Fsp3) is 0.750. The molecule has 0 fully saturated rings. The van der Waals surface area contributed by atoms with Gasteiger partial charge in [0, 0.05) is 0 Å². The van der Waals surface area contributed by atoms with Gasteiger partial charge in [-0.25, -0.2) is 0 Å². The number of esters is 2. The minimum Gasteiger partial charge on any atom is -0.469 e. The van der Waals surface area contributed by atoms with E-state index in [0.29, 0.717) is 6.42 Å². The summed E-state index contributed by atoms with van der Waals surface area (Å²) in [7, 11) is 2.61. The van der Waals surface area contributed by atoms with Gasteiger partial charge < -0.3 is 9.47 Å². The molecular formula is C8H14O4. The molecule has 0 spiro atoms. The third kappa shape index (κ3) is 3.37. The number of methoxy groups -OCH3 is 2. The first-order valence-electron chi connectivity index (χ1n) is 3.80. The van der Waals surface area contributed by atoms with Crippen LogP contribution in [0.2, 0.25) is 0 Å². The Morgan fingerprint density at radius 3 is 2.17 bits per heavy atom. The zero-order chi connectivity index (χ0) is 9.56. The Labute approximate surface area is 71.8 Å². The van der Waals surface area contributed by atoms with Gasteiger partial charge in [-0.1, -0.05) is 6.92 Å².